The average molecular weight is 205 g/mol. The number of hydrogen-bond donors (Lipinski definition) is 0. The van der Waals surface area contributed by atoms with Gasteiger partial charge in [-0.25, -0.2) is 4.39 Å². The highest BCUT2D eigenvalue weighted by Crippen LogP contribution is 2.20. The lowest BCUT2D eigenvalue weighted by Gasteiger charge is -2.10. The van der Waals surface area contributed by atoms with Crippen molar-refractivity contribution in [3.05, 3.63) is 36.3 Å². The average Bonchev–Trinajstić information content (AvgIpc) is 2.63. The Hall–Kier alpha value is -1.31. The van der Waals surface area contributed by atoms with Gasteiger partial charge in [-0.1, -0.05) is 26.3 Å². The summed E-state index contributed by atoms with van der Waals surface area (Å²) < 4.78 is 15.5. The summed E-state index contributed by atoms with van der Waals surface area (Å²) >= 11 is 0. The largest absolute Gasteiger partial charge is 0.347 e. The maximum Gasteiger partial charge on any atom is 0.132 e. The van der Waals surface area contributed by atoms with Crippen molar-refractivity contribution in [2.45, 2.75) is 26.8 Å². The molecule has 0 radical (unpaired) electrons. The van der Waals surface area contributed by atoms with Crippen molar-refractivity contribution < 1.29 is 4.39 Å². The fourth-order valence-corrected chi connectivity index (χ4v) is 1.81. The van der Waals surface area contributed by atoms with Crippen LogP contribution in [0.1, 0.15) is 20.3 Å². The van der Waals surface area contributed by atoms with Crippen LogP contribution >= 0.6 is 0 Å². The van der Waals surface area contributed by atoms with E-state index in [4.69, 9.17) is 0 Å². The van der Waals surface area contributed by atoms with E-state index in [1.54, 1.807) is 6.07 Å². The summed E-state index contributed by atoms with van der Waals surface area (Å²) in [6.45, 7) is 5.35. The molecule has 0 fully saturated rings. The monoisotopic (exact) mass is 205 g/mol. The van der Waals surface area contributed by atoms with E-state index < -0.39 is 0 Å². The van der Waals surface area contributed by atoms with Gasteiger partial charge in [0.25, 0.3) is 0 Å². The highest BCUT2D eigenvalue weighted by Gasteiger charge is 2.06. The SMILES string of the molecule is CCC(C)Cn1ccc2c(F)cccc21. The number of fused-ring (bicyclic) bond motifs is 1. The number of benzene rings is 1. The molecule has 2 aromatic rings. The molecular formula is C13H16FN. The maximum atomic E-state index is 13.4. The second-order valence-electron chi connectivity index (χ2n) is 4.15. The number of halogens is 1. The minimum atomic E-state index is -0.129. The lowest BCUT2D eigenvalue weighted by atomic mass is 10.1. The van der Waals surface area contributed by atoms with Gasteiger partial charge in [0.1, 0.15) is 5.82 Å². The highest BCUT2D eigenvalue weighted by atomic mass is 19.1. The summed E-state index contributed by atoms with van der Waals surface area (Å²) in [6, 6.07) is 7.11. The molecule has 0 saturated carbocycles. The van der Waals surface area contributed by atoms with Crippen LogP contribution in [0.25, 0.3) is 10.9 Å². The van der Waals surface area contributed by atoms with Crippen LogP contribution in [0.3, 0.4) is 0 Å². The summed E-state index contributed by atoms with van der Waals surface area (Å²) in [4.78, 5) is 0. The summed E-state index contributed by atoms with van der Waals surface area (Å²) in [5.74, 6) is 0.499. The Morgan fingerprint density at radius 2 is 2.13 bits per heavy atom. The number of nitrogens with zero attached hydrogens (tertiary/aromatic N) is 1. The van der Waals surface area contributed by atoms with Crippen LogP contribution in [0.2, 0.25) is 0 Å². The van der Waals surface area contributed by atoms with E-state index >= 15 is 0 Å². The Morgan fingerprint density at radius 1 is 1.33 bits per heavy atom. The maximum absolute atomic E-state index is 13.4. The molecular weight excluding hydrogens is 189 g/mol. The fourth-order valence-electron chi connectivity index (χ4n) is 1.81. The Kier molecular flexibility index (Phi) is 2.76. The molecule has 15 heavy (non-hydrogen) atoms. The second kappa shape index (κ2) is 4.05. The van der Waals surface area contributed by atoms with E-state index in [9.17, 15) is 4.39 Å². The van der Waals surface area contributed by atoms with Gasteiger partial charge in [0.2, 0.25) is 0 Å². The van der Waals surface area contributed by atoms with Crippen LogP contribution in [0, 0.1) is 11.7 Å². The molecule has 0 saturated heterocycles. The topological polar surface area (TPSA) is 4.93 Å². The van der Waals surface area contributed by atoms with E-state index in [1.165, 1.54) is 6.07 Å². The minimum absolute atomic E-state index is 0.129. The standard InChI is InChI=1S/C13H16FN/c1-3-10(2)9-15-8-7-11-12(14)5-4-6-13(11)15/h4-8,10H,3,9H2,1-2H3. The lowest BCUT2D eigenvalue weighted by Crippen LogP contribution is -2.05. The van der Waals surface area contributed by atoms with Crippen molar-refractivity contribution in [2.24, 2.45) is 5.92 Å². The van der Waals surface area contributed by atoms with Crippen molar-refractivity contribution in [3.8, 4) is 0 Å². The third-order valence-corrected chi connectivity index (χ3v) is 2.97. The number of hydrogen-bond acceptors (Lipinski definition) is 0. The van der Waals surface area contributed by atoms with Crippen LogP contribution in [0.5, 0.6) is 0 Å². The number of rotatable bonds is 3. The molecule has 2 rings (SSSR count). The minimum Gasteiger partial charge on any atom is -0.347 e. The molecule has 1 unspecified atom stereocenters. The summed E-state index contributed by atoms with van der Waals surface area (Å²) in [5, 5.41) is 0.723. The van der Waals surface area contributed by atoms with Crippen molar-refractivity contribution in [3.63, 3.8) is 0 Å². The fraction of sp³-hybridized carbons (Fsp3) is 0.385. The van der Waals surface area contributed by atoms with Crippen LogP contribution in [-0.4, -0.2) is 4.57 Å². The van der Waals surface area contributed by atoms with Gasteiger partial charge in [0.05, 0.1) is 5.52 Å². The van der Waals surface area contributed by atoms with Crippen molar-refractivity contribution in [1.29, 1.82) is 0 Å². The van der Waals surface area contributed by atoms with E-state index in [0.29, 0.717) is 5.92 Å². The van der Waals surface area contributed by atoms with Gasteiger partial charge in [-0.3, -0.25) is 0 Å². The molecule has 1 atom stereocenters. The summed E-state index contributed by atoms with van der Waals surface area (Å²) in [5.41, 5.74) is 0.996. The first-order chi connectivity index (χ1) is 7.22. The third kappa shape index (κ3) is 1.89. The number of aromatic nitrogens is 1. The first-order valence-electron chi connectivity index (χ1n) is 5.45. The van der Waals surface area contributed by atoms with E-state index in [2.05, 4.69) is 18.4 Å². The first kappa shape index (κ1) is 10.2. The lowest BCUT2D eigenvalue weighted by molar-refractivity contribution is 0.477. The van der Waals surface area contributed by atoms with E-state index in [0.717, 1.165) is 23.9 Å². The van der Waals surface area contributed by atoms with Gasteiger partial charge in [-0.15, -0.1) is 0 Å². The Morgan fingerprint density at radius 3 is 2.87 bits per heavy atom. The Balaban J connectivity index is 2.41. The molecule has 80 valence electrons. The smallest absolute Gasteiger partial charge is 0.132 e. The molecule has 0 spiro atoms. The van der Waals surface area contributed by atoms with Gasteiger partial charge < -0.3 is 4.57 Å². The zero-order valence-electron chi connectivity index (χ0n) is 9.20. The molecule has 0 N–H and O–H groups in total. The van der Waals surface area contributed by atoms with Crippen molar-refractivity contribution in [1.82, 2.24) is 4.57 Å². The van der Waals surface area contributed by atoms with Crippen LogP contribution in [0.4, 0.5) is 4.39 Å². The van der Waals surface area contributed by atoms with E-state index in [1.807, 2.05) is 18.3 Å². The predicted molar refractivity (Wildman–Crippen MR) is 61.4 cm³/mol. The molecule has 1 heterocycles. The summed E-state index contributed by atoms with van der Waals surface area (Å²) in [6.07, 6.45) is 3.12. The molecule has 1 aromatic carbocycles. The molecule has 0 bridgehead atoms. The molecule has 0 amide bonds. The Bertz CT molecular complexity index is 459. The molecule has 1 nitrogen and oxygen atoms in total. The molecule has 2 heteroatoms. The van der Waals surface area contributed by atoms with Crippen LogP contribution in [-0.2, 0) is 6.54 Å². The zero-order valence-corrected chi connectivity index (χ0v) is 9.20. The van der Waals surface area contributed by atoms with Crippen molar-refractivity contribution >= 4 is 10.9 Å². The Labute approximate surface area is 89.5 Å². The van der Waals surface area contributed by atoms with E-state index in [-0.39, 0.29) is 5.82 Å². The zero-order chi connectivity index (χ0) is 10.8. The van der Waals surface area contributed by atoms with Gasteiger partial charge in [0, 0.05) is 18.1 Å². The van der Waals surface area contributed by atoms with Gasteiger partial charge in [-0.05, 0) is 24.1 Å². The third-order valence-electron chi connectivity index (χ3n) is 2.97. The quantitative estimate of drug-likeness (QED) is 0.717. The molecule has 0 aliphatic rings. The second-order valence-corrected chi connectivity index (χ2v) is 4.15. The van der Waals surface area contributed by atoms with Crippen molar-refractivity contribution in [2.75, 3.05) is 0 Å². The summed E-state index contributed by atoms with van der Waals surface area (Å²) in [7, 11) is 0. The molecule has 0 aliphatic carbocycles. The highest BCUT2D eigenvalue weighted by molar-refractivity contribution is 5.80. The predicted octanol–water partition coefficient (Wildman–Crippen LogP) is 3.83. The normalized spacial score (nSPS) is 13.3. The molecule has 1 aromatic heterocycles. The van der Waals surface area contributed by atoms with Gasteiger partial charge in [0.15, 0.2) is 0 Å². The molecule has 0 aliphatic heterocycles. The van der Waals surface area contributed by atoms with Crippen LogP contribution in [0.15, 0.2) is 30.5 Å². The van der Waals surface area contributed by atoms with Gasteiger partial charge >= 0.3 is 0 Å². The first-order valence-corrected chi connectivity index (χ1v) is 5.45. The van der Waals surface area contributed by atoms with Crippen LogP contribution < -0.4 is 0 Å². The van der Waals surface area contributed by atoms with Gasteiger partial charge in [-0.2, -0.15) is 0 Å².